The quantitative estimate of drug-likeness (QED) is 0.798. The molecule has 1 aromatic rings. The molecular weight excluding hydrogens is 312 g/mol. The third-order valence-corrected chi connectivity index (χ3v) is 3.64. The minimum absolute atomic E-state index is 0.0657. The molecule has 2 rings (SSSR count). The van der Waals surface area contributed by atoms with E-state index in [4.69, 9.17) is 5.11 Å². The summed E-state index contributed by atoms with van der Waals surface area (Å²) in [5.41, 5.74) is 0.363. The van der Waals surface area contributed by atoms with Gasteiger partial charge in [-0.05, 0) is 31.0 Å². The maximum atomic E-state index is 11.8. The van der Waals surface area contributed by atoms with E-state index in [1.54, 1.807) is 12.1 Å². The minimum Gasteiger partial charge on any atom is -0.478 e. The van der Waals surface area contributed by atoms with Crippen LogP contribution in [0.4, 0.5) is 10.5 Å². The Hall–Kier alpha value is -1.56. The number of hydrogen-bond acceptors (Lipinski definition) is 2. The predicted molar refractivity (Wildman–Crippen MR) is 75.5 cm³/mol. The molecule has 0 bridgehead atoms. The summed E-state index contributed by atoms with van der Waals surface area (Å²) in [5, 5.41) is 14.5. The van der Waals surface area contributed by atoms with Gasteiger partial charge in [-0.25, -0.2) is 9.59 Å². The largest absolute Gasteiger partial charge is 0.478 e. The Balaban J connectivity index is 2.05. The first-order valence-electron chi connectivity index (χ1n) is 6.16. The minimum atomic E-state index is -1.07. The molecule has 0 radical (unpaired) electrons. The average Bonchev–Trinajstić information content (AvgIpc) is 2.83. The number of rotatable bonds is 3. The molecule has 102 valence electrons. The summed E-state index contributed by atoms with van der Waals surface area (Å²) < 4.78 is 0.659. The third kappa shape index (κ3) is 3.70. The van der Waals surface area contributed by atoms with E-state index in [1.807, 2.05) is 0 Å². The molecule has 0 saturated heterocycles. The molecule has 5 nitrogen and oxygen atoms in total. The Labute approximate surface area is 119 Å². The molecule has 0 unspecified atom stereocenters. The summed E-state index contributed by atoms with van der Waals surface area (Å²) >= 11 is 3.21. The van der Waals surface area contributed by atoms with Gasteiger partial charge in [-0.3, -0.25) is 0 Å². The highest BCUT2D eigenvalue weighted by atomic mass is 79.9. The lowest BCUT2D eigenvalue weighted by atomic mass is 10.2. The van der Waals surface area contributed by atoms with Crippen LogP contribution in [0.25, 0.3) is 0 Å². The molecule has 0 spiro atoms. The molecule has 1 saturated carbocycles. The molecule has 1 fully saturated rings. The van der Waals surface area contributed by atoms with Crippen molar-refractivity contribution in [2.24, 2.45) is 0 Å². The lowest BCUT2D eigenvalue weighted by Crippen LogP contribution is -2.36. The van der Waals surface area contributed by atoms with Gasteiger partial charge in [0.15, 0.2) is 0 Å². The molecule has 1 aliphatic carbocycles. The lowest BCUT2D eigenvalue weighted by Gasteiger charge is -2.14. The van der Waals surface area contributed by atoms with Gasteiger partial charge in [0.2, 0.25) is 0 Å². The van der Waals surface area contributed by atoms with E-state index in [2.05, 4.69) is 26.6 Å². The Kier molecular flexibility index (Phi) is 4.42. The summed E-state index contributed by atoms with van der Waals surface area (Å²) in [6.45, 7) is 0. The number of amides is 2. The van der Waals surface area contributed by atoms with E-state index in [0.29, 0.717) is 10.2 Å². The summed E-state index contributed by atoms with van der Waals surface area (Å²) in [5.74, 6) is -1.07. The topological polar surface area (TPSA) is 78.4 Å². The molecule has 0 heterocycles. The number of carboxylic acids is 1. The molecule has 0 aliphatic heterocycles. The van der Waals surface area contributed by atoms with Gasteiger partial charge >= 0.3 is 12.0 Å². The first kappa shape index (κ1) is 13.9. The number of benzene rings is 1. The van der Waals surface area contributed by atoms with Gasteiger partial charge in [0.25, 0.3) is 0 Å². The van der Waals surface area contributed by atoms with E-state index in [9.17, 15) is 9.59 Å². The fourth-order valence-electron chi connectivity index (χ4n) is 2.22. The van der Waals surface area contributed by atoms with Crippen LogP contribution in [0, 0.1) is 0 Å². The van der Waals surface area contributed by atoms with Crippen LogP contribution < -0.4 is 10.6 Å². The number of carbonyl (C=O) groups excluding carboxylic acids is 1. The number of halogens is 1. The lowest BCUT2D eigenvalue weighted by molar-refractivity contribution is 0.0698. The van der Waals surface area contributed by atoms with Crippen LogP contribution in [-0.2, 0) is 0 Å². The maximum absolute atomic E-state index is 11.8. The number of carbonyl (C=O) groups is 2. The van der Waals surface area contributed by atoms with E-state index in [0.717, 1.165) is 25.7 Å². The SMILES string of the molecule is O=C(Nc1ccc(Br)cc1C(=O)O)NC1CCCC1. The van der Waals surface area contributed by atoms with Gasteiger partial charge in [0, 0.05) is 10.5 Å². The van der Waals surface area contributed by atoms with Crippen LogP contribution in [0.3, 0.4) is 0 Å². The van der Waals surface area contributed by atoms with Crippen molar-refractivity contribution in [1.82, 2.24) is 5.32 Å². The maximum Gasteiger partial charge on any atom is 0.337 e. The Bertz CT molecular complexity index is 499. The van der Waals surface area contributed by atoms with Gasteiger partial charge in [-0.2, -0.15) is 0 Å². The zero-order valence-electron chi connectivity index (χ0n) is 10.3. The first-order chi connectivity index (χ1) is 9.06. The zero-order valence-corrected chi connectivity index (χ0v) is 11.9. The van der Waals surface area contributed by atoms with Gasteiger partial charge in [0.05, 0.1) is 11.3 Å². The summed E-state index contributed by atoms with van der Waals surface area (Å²) in [7, 11) is 0. The normalized spacial score (nSPS) is 15.2. The third-order valence-electron chi connectivity index (χ3n) is 3.15. The molecule has 1 aliphatic rings. The summed E-state index contributed by atoms with van der Waals surface area (Å²) in [6.07, 6.45) is 4.23. The smallest absolute Gasteiger partial charge is 0.337 e. The average molecular weight is 327 g/mol. The monoisotopic (exact) mass is 326 g/mol. The number of carboxylic acid groups (broad SMARTS) is 1. The van der Waals surface area contributed by atoms with Crippen molar-refractivity contribution in [3.63, 3.8) is 0 Å². The Morgan fingerprint density at radius 1 is 1.26 bits per heavy atom. The van der Waals surface area contributed by atoms with Crippen molar-refractivity contribution in [3.8, 4) is 0 Å². The van der Waals surface area contributed by atoms with Crippen LogP contribution in [0.15, 0.2) is 22.7 Å². The number of hydrogen-bond donors (Lipinski definition) is 3. The van der Waals surface area contributed by atoms with Crippen molar-refractivity contribution >= 4 is 33.6 Å². The predicted octanol–water partition coefficient (Wildman–Crippen LogP) is 3.21. The van der Waals surface area contributed by atoms with Crippen molar-refractivity contribution in [2.75, 3.05) is 5.32 Å². The first-order valence-corrected chi connectivity index (χ1v) is 6.96. The van der Waals surface area contributed by atoms with Crippen molar-refractivity contribution < 1.29 is 14.7 Å². The van der Waals surface area contributed by atoms with Crippen LogP contribution >= 0.6 is 15.9 Å². The van der Waals surface area contributed by atoms with E-state index < -0.39 is 5.97 Å². The molecule has 1 aromatic carbocycles. The van der Waals surface area contributed by atoms with E-state index in [1.165, 1.54) is 6.07 Å². The molecule has 2 amide bonds. The number of anilines is 1. The highest BCUT2D eigenvalue weighted by Crippen LogP contribution is 2.22. The van der Waals surface area contributed by atoms with E-state index in [-0.39, 0.29) is 17.6 Å². The molecule has 0 aromatic heterocycles. The van der Waals surface area contributed by atoms with Crippen LogP contribution in [-0.4, -0.2) is 23.1 Å². The fraction of sp³-hybridized carbons (Fsp3) is 0.385. The highest BCUT2D eigenvalue weighted by Gasteiger charge is 2.18. The summed E-state index contributed by atoms with van der Waals surface area (Å²) in [4.78, 5) is 22.9. The molecule has 6 heteroatoms. The fourth-order valence-corrected chi connectivity index (χ4v) is 2.58. The zero-order chi connectivity index (χ0) is 13.8. The second kappa shape index (κ2) is 6.06. The van der Waals surface area contributed by atoms with Crippen LogP contribution in [0.5, 0.6) is 0 Å². The number of nitrogens with one attached hydrogen (secondary N) is 2. The van der Waals surface area contributed by atoms with Crippen molar-refractivity contribution in [3.05, 3.63) is 28.2 Å². The molecular formula is C13H15BrN2O3. The second-order valence-electron chi connectivity index (χ2n) is 4.57. The standard InChI is InChI=1S/C13H15BrN2O3/c14-8-5-6-11(10(7-8)12(17)18)16-13(19)15-9-3-1-2-4-9/h5-7,9H,1-4H2,(H,17,18)(H2,15,16,19). The molecule has 19 heavy (non-hydrogen) atoms. The second-order valence-corrected chi connectivity index (χ2v) is 5.49. The van der Waals surface area contributed by atoms with Crippen LogP contribution in [0.2, 0.25) is 0 Å². The molecule has 3 N–H and O–H groups in total. The van der Waals surface area contributed by atoms with Crippen molar-refractivity contribution in [1.29, 1.82) is 0 Å². The van der Waals surface area contributed by atoms with Gasteiger partial charge in [-0.15, -0.1) is 0 Å². The van der Waals surface area contributed by atoms with Gasteiger partial charge in [-0.1, -0.05) is 28.8 Å². The summed E-state index contributed by atoms with van der Waals surface area (Å²) in [6, 6.07) is 4.58. The van der Waals surface area contributed by atoms with Crippen LogP contribution in [0.1, 0.15) is 36.0 Å². The number of aromatic carboxylic acids is 1. The van der Waals surface area contributed by atoms with Gasteiger partial charge in [0.1, 0.15) is 0 Å². The van der Waals surface area contributed by atoms with Gasteiger partial charge < -0.3 is 15.7 Å². The number of urea groups is 1. The highest BCUT2D eigenvalue weighted by molar-refractivity contribution is 9.10. The van der Waals surface area contributed by atoms with Crippen molar-refractivity contribution in [2.45, 2.75) is 31.7 Å². The Morgan fingerprint density at radius 3 is 2.58 bits per heavy atom. The molecule has 0 atom stereocenters. The Morgan fingerprint density at radius 2 is 1.95 bits per heavy atom. The van der Waals surface area contributed by atoms with E-state index >= 15 is 0 Å².